The number of carbonyl (C=O) groups excluding carboxylic acids is 4. The molecule has 2 heterocycles. The van der Waals surface area contributed by atoms with Crippen LogP contribution in [-0.2, 0) is 24.0 Å². The van der Waals surface area contributed by atoms with Crippen LogP contribution in [0.4, 0.5) is 0 Å². The van der Waals surface area contributed by atoms with Gasteiger partial charge in [-0.15, -0.1) is 0 Å². The van der Waals surface area contributed by atoms with Crippen molar-refractivity contribution in [3.8, 4) is 0 Å². The van der Waals surface area contributed by atoms with Crippen molar-refractivity contribution in [2.75, 3.05) is 0 Å². The van der Waals surface area contributed by atoms with E-state index in [1.54, 1.807) is 13.8 Å². The molecule has 0 radical (unpaired) electrons. The van der Waals surface area contributed by atoms with Crippen LogP contribution in [0, 0.1) is 5.41 Å². The third kappa shape index (κ3) is 4.15. The molecule has 0 aromatic carbocycles. The fraction of sp³-hybridized carbons (Fsp3) is 0.588. The first-order valence-electron chi connectivity index (χ1n) is 8.39. The highest BCUT2D eigenvalue weighted by molar-refractivity contribution is 7.98. The summed E-state index contributed by atoms with van der Waals surface area (Å²) in [6, 6.07) is -1.02. The molecule has 9 nitrogen and oxygen atoms in total. The van der Waals surface area contributed by atoms with Crippen LogP contribution < -0.4 is 5.32 Å². The van der Waals surface area contributed by atoms with Gasteiger partial charge in [0.2, 0.25) is 17.7 Å². The van der Waals surface area contributed by atoms with Crippen molar-refractivity contribution in [3.63, 3.8) is 0 Å². The second-order valence-electron chi connectivity index (χ2n) is 7.64. The summed E-state index contributed by atoms with van der Waals surface area (Å²) in [6.07, 6.45) is 0.317. The average molecular weight is 397 g/mol. The Morgan fingerprint density at radius 1 is 1.11 bits per heavy atom. The third-order valence-corrected chi connectivity index (χ3v) is 5.56. The van der Waals surface area contributed by atoms with Gasteiger partial charge in [-0.05, 0) is 36.8 Å². The largest absolute Gasteiger partial charge is 0.477 e. The van der Waals surface area contributed by atoms with Gasteiger partial charge in [0.05, 0.1) is 0 Å². The zero-order valence-corrected chi connectivity index (χ0v) is 16.7. The molecule has 2 fully saturated rings. The molecule has 27 heavy (non-hydrogen) atoms. The topological polar surface area (TPSA) is 124 Å². The van der Waals surface area contributed by atoms with Crippen molar-refractivity contribution in [3.05, 3.63) is 11.3 Å². The van der Waals surface area contributed by atoms with Crippen molar-refractivity contribution >= 4 is 41.5 Å². The Hall–Kier alpha value is -2.36. The summed E-state index contributed by atoms with van der Waals surface area (Å²) in [7, 11) is 0. The number of carboxylic acids is 1. The van der Waals surface area contributed by atoms with E-state index in [1.165, 1.54) is 6.92 Å². The number of carboxylic acid groups (broad SMARTS) is 1. The Morgan fingerprint density at radius 2 is 1.63 bits per heavy atom. The van der Waals surface area contributed by atoms with Gasteiger partial charge in [0, 0.05) is 19.8 Å². The highest BCUT2D eigenvalue weighted by atomic mass is 32.2. The van der Waals surface area contributed by atoms with Crippen molar-refractivity contribution in [2.24, 2.45) is 5.41 Å². The molecule has 148 valence electrons. The van der Waals surface area contributed by atoms with E-state index in [2.05, 4.69) is 5.32 Å². The summed E-state index contributed by atoms with van der Waals surface area (Å²) in [5.41, 5.74) is -0.291. The maximum atomic E-state index is 12.5. The Bertz CT molecular complexity index is 736. The van der Waals surface area contributed by atoms with Gasteiger partial charge in [0.15, 0.2) is 0 Å². The standard InChI is InChI=1S/C17H23N3O6S/c1-8(2)13(16(25)26)19-14(24)12(18-9(3)21)15(19)27-20-10(22)6-17(4,5)7-11(20)23/h12,15H,6-7H2,1-5H3,(H,18,21)(H,25,26). The highest BCUT2D eigenvalue weighted by Crippen LogP contribution is 2.41. The first-order chi connectivity index (χ1) is 12.4. The number of carbonyl (C=O) groups is 5. The molecule has 2 saturated heterocycles. The summed E-state index contributed by atoms with van der Waals surface area (Å²) in [6.45, 7) is 7.95. The second-order valence-corrected chi connectivity index (χ2v) is 8.69. The molecule has 0 aromatic heterocycles. The molecule has 10 heteroatoms. The highest BCUT2D eigenvalue weighted by Gasteiger charge is 2.54. The third-order valence-electron chi connectivity index (χ3n) is 4.24. The minimum absolute atomic E-state index is 0.158. The number of piperidine rings is 1. The number of β-lactam (4-membered cyclic amide) rings is 1. The Balaban J connectivity index is 2.33. The number of hydrogen-bond acceptors (Lipinski definition) is 6. The maximum Gasteiger partial charge on any atom is 0.352 e. The van der Waals surface area contributed by atoms with E-state index in [0.29, 0.717) is 5.57 Å². The molecule has 2 N–H and O–H groups in total. The molecule has 0 aliphatic carbocycles. The number of nitrogens with one attached hydrogen (secondary N) is 1. The second kappa shape index (κ2) is 7.34. The molecule has 0 spiro atoms. The number of hydrogen-bond donors (Lipinski definition) is 2. The van der Waals surface area contributed by atoms with Crippen molar-refractivity contribution < 1.29 is 29.1 Å². The lowest BCUT2D eigenvalue weighted by molar-refractivity contribution is -0.151. The summed E-state index contributed by atoms with van der Waals surface area (Å²) in [5.74, 6) is -3.18. The minimum atomic E-state index is -1.30. The maximum absolute atomic E-state index is 12.5. The summed E-state index contributed by atoms with van der Waals surface area (Å²) < 4.78 is 0.981. The molecule has 2 rings (SSSR count). The quantitative estimate of drug-likeness (QED) is 0.305. The van der Waals surface area contributed by atoms with E-state index in [-0.39, 0.29) is 18.5 Å². The van der Waals surface area contributed by atoms with Crippen LogP contribution in [0.1, 0.15) is 47.5 Å². The van der Waals surface area contributed by atoms with Gasteiger partial charge in [-0.3, -0.25) is 24.1 Å². The molecule has 2 unspecified atom stereocenters. The van der Waals surface area contributed by atoms with E-state index in [0.717, 1.165) is 21.2 Å². The molecule has 0 aromatic rings. The fourth-order valence-corrected chi connectivity index (χ4v) is 4.30. The SMILES string of the molecule is CC(=O)NC1C(=O)N(C(C(=O)O)=C(C)C)C1SN1C(=O)CC(C)(C)CC1=O. The summed E-state index contributed by atoms with van der Waals surface area (Å²) >= 11 is 0.776. The van der Waals surface area contributed by atoms with E-state index < -0.39 is 46.4 Å². The normalized spacial score (nSPS) is 24.4. The number of imide groups is 1. The van der Waals surface area contributed by atoms with E-state index in [1.807, 2.05) is 13.8 Å². The van der Waals surface area contributed by atoms with Crippen LogP contribution in [0.2, 0.25) is 0 Å². The number of rotatable bonds is 5. The first-order valence-corrected chi connectivity index (χ1v) is 9.23. The number of allylic oxidation sites excluding steroid dienone is 1. The van der Waals surface area contributed by atoms with E-state index >= 15 is 0 Å². The van der Waals surface area contributed by atoms with Crippen molar-refractivity contribution in [1.29, 1.82) is 0 Å². The van der Waals surface area contributed by atoms with Gasteiger partial charge in [-0.1, -0.05) is 13.8 Å². The number of amides is 4. The van der Waals surface area contributed by atoms with Crippen molar-refractivity contribution in [1.82, 2.24) is 14.5 Å². The molecule has 2 atom stereocenters. The molecular weight excluding hydrogens is 374 g/mol. The van der Waals surface area contributed by atoms with Crippen LogP contribution in [-0.4, -0.2) is 55.3 Å². The lowest BCUT2D eigenvalue weighted by Crippen LogP contribution is -2.70. The predicted molar refractivity (Wildman–Crippen MR) is 96.7 cm³/mol. The van der Waals surface area contributed by atoms with Crippen molar-refractivity contribution in [2.45, 2.75) is 58.9 Å². The smallest absolute Gasteiger partial charge is 0.352 e. The van der Waals surface area contributed by atoms with Gasteiger partial charge in [0.25, 0.3) is 5.91 Å². The van der Waals surface area contributed by atoms with Crippen LogP contribution in [0.25, 0.3) is 0 Å². The fourth-order valence-electron chi connectivity index (χ4n) is 3.11. The Morgan fingerprint density at radius 3 is 2.04 bits per heavy atom. The average Bonchev–Trinajstić information content (AvgIpc) is 2.48. The van der Waals surface area contributed by atoms with Crippen LogP contribution >= 0.6 is 11.9 Å². The number of likely N-dealkylation sites (tertiary alicyclic amines) is 1. The van der Waals surface area contributed by atoms with Gasteiger partial charge in [0.1, 0.15) is 17.1 Å². The van der Waals surface area contributed by atoms with E-state index in [4.69, 9.17) is 0 Å². The Kier molecular flexibility index (Phi) is 5.69. The van der Waals surface area contributed by atoms with Gasteiger partial charge >= 0.3 is 5.97 Å². The van der Waals surface area contributed by atoms with Gasteiger partial charge in [-0.2, -0.15) is 0 Å². The molecule has 4 amide bonds. The molecule has 2 aliphatic heterocycles. The van der Waals surface area contributed by atoms with Gasteiger partial charge in [-0.25, -0.2) is 9.10 Å². The van der Waals surface area contributed by atoms with Gasteiger partial charge < -0.3 is 10.4 Å². The first kappa shape index (κ1) is 20.9. The predicted octanol–water partition coefficient (Wildman–Crippen LogP) is 0.861. The zero-order chi connectivity index (χ0) is 20.7. The molecular formula is C17H23N3O6S. The van der Waals surface area contributed by atoms with Crippen LogP contribution in [0.15, 0.2) is 11.3 Å². The molecule has 2 aliphatic rings. The lowest BCUT2D eigenvalue weighted by Gasteiger charge is -2.48. The van der Waals surface area contributed by atoms with Crippen LogP contribution in [0.5, 0.6) is 0 Å². The molecule has 0 saturated carbocycles. The zero-order valence-electron chi connectivity index (χ0n) is 15.9. The monoisotopic (exact) mass is 397 g/mol. The lowest BCUT2D eigenvalue weighted by atomic mass is 9.83. The van der Waals surface area contributed by atoms with Crippen LogP contribution in [0.3, 0.4) is 0 Å². The minimum Gasteiger partial charge on any atom is -0.477 e. The summed E-state index contributed by atoms with van der Waals surface area (Å²) in [4.78, 5) is 61.4. The summed E-state index contributed by atoms with van der Waals surface area (Å²) in [5, 5.41) is 11.0. The van der Waals surface area contributed by atoms with E-state index in [9.17, 15) is 29.1 Å². The molecule has 0 bridgehead atoms. The Labute approximate surface area is 161 Å². The number of nitrogens with zero attached hydrogens (tertiary/aromatic N) is 2. The number of aliphatic carboxylic acids is 1.